The summed E-state index contributed by atoms with van der Waals surface area (Å²) < 4.78 is 10.1. The van der Waals surface area contributed by atoms with Crippen molar-refractivity contribution < 1.29 is 14.3 Å². The van der Waals surface area contributed by atoms with Crippen molar-refractivity contribution in [2.75, 3.05) is 14.2 Å². The molecule has 0 aliphatic carbocycles. The van der Waals surface area contributed by atoms with Crippen molar-refractivity contribution in [3.63, 3.8) is 0 Å². The maximum atomic E-state index is 11.1. The molecule has 0 fully saturated rings. The molecule has 0 rings (SSSR count). The van der Waals surface area contributed by atoms with Gasteiger partial charge in [-0.05, 0) is 51.0 Å². The molecule has 0 aromatic heterocycles. The van der Waals surface area contributed by atoms with Gasteiger partial charge in [-0.2, -0.15) is 0 Å². The van der Waals surface area contributed by atoms with Crippen LogP contribution in [-0.4, -0.2) is 25.8 Å². The van der Waals surface area contributed by atoms with Crippen LogP contribution >= 0.6 is 0 Å². The Hall–Kier alpha value is -1.09. The summed E-state index contributed by atoms with van der Waals surface area (Å²) in [4.78, 5) is 11.1. The van der Waals surface area contributed by atoms with E-state index in [0.29, 0.717) is 11.8 Å². The smallest absolute Gasteiger partial charge is 0.330 e. The van der Waals surface area contributed by atoms with Crippen molar-refractivity contribution in [1.29, 1.82) is 0 Å². The Balaban J connectivity index is 4.14. The van der Waals surface area contributed by atoms with Gasteiger partial charge >= 0.3 is 5.97 Å². The number of esters is 1. The summed E-state index contributed by atoms with van der Waals surface area (Å²) in [6.45, 7) is 10.7. The van der Waals surface area contributed by atoms with E-state index in [-0.39, 0.29) is 11.6 Å². The summed E-state index contributed by atoms with van der Waals surface area (Å²) in [5, 5.41) is 0. The second-order valence-corrected chi connectivity index (χ2v) is 6.44. The average Bonchev–Trinajstić information content (AvgIpc) is 2.44. The van der Waals surface area contributed by atoms with Crippen LogP contribution < -0.4 is 0 Å². The molecule has 0 bridgehead atoms. The second kappa shape index (κ2) is 9.78. The first-order valence-electron chi connectivity index (χ1n) is 7.70. The van der Waals surface area contributed by atoms with Gasteiger partial charge in [0, 0.05) is 13.2 Å². The zero-order chi connectivity index (χ0) is 16.5. The molecular weight excluding hydrogens is 264 g/mol. The molecule has 2 unspecified atom stereocenters. The van der Waals surface area contributed by atoms with Crippen LogP contribution in [0.1, 0.15) is 53.9 Å². The summed E-state index contributed by atoms with van der Waals surface area (Å²) in [6.07, 6.45) is 8.98. The van der Waals surface area contributed by atoms with Crippen LogP contribution in [0.2, 0.25) is 0 Å². The maximum Gasteiger partial charge on any atom is 0.330 e. The Morgan fingerprint density at radius 3 is 2.33 bits per heavy atom. The predicted molar refractivity (Wildman–Crippen MR) is 88.2 cm³/mol. The zero-order valence-corrected chi connectivity index (χ0v) is 14.7. The highest BCUT2D eigenvalue weighted by atomic mass is 16.5. The fourth-order valence-electron chi connectivity index (χ4n) is 1.98. The van der Waals surface area contributed by atoms with Gasteiger partial charge in [-0.1, -0.05) is 32.4 Å². The van der Waals surface area contributed by atoms with Crippen LogP contribution in [0.5, 0.6) is 0 Å². The Morgan fingerprint density at radius 2 is 1.81 bits per heavy atom. The lowest BCUT2D eigenvalue weighted by molar-refractivity contribution is -0.134. The van der Waals surface area contributed by atoms with Crippen LogP contribution in [0.25, 0.3) is 0 Å². The summed E-state index contributed by atoms with van der Waals surface area (Å²) in [5.41, 5.74) is 0.859. The number of hydrogen-bond acceptors (Lipinski definition) is 3. The number of carbonyl (C=O) groups is 1. The molecule has 0 saturated heterocycles. The van der Waals surface area contributed by atoms with E-state index in [1.165, 1.54) is 19.6 Å². The molecule has 0 aromatic rings. The molecule has 0 aliphatic rings. The van der Waals surface area contributed by atoms with E-state index < -0.39 is 0 Å². The number of methoxy groups -OCH3 is 2. The number of carbonyl (C=O) groups excluding carboxylic acids is 1. The highest BCUT2D eigenvalue weighted by molar-refractivity contribution is 5.83. The predicted octanol–water partition coefficient (Wildman–Crippen LogP) is 4.53. The molecule has 0 heterocycles. The second-order valence-electron chi connectivity index (χ2n) is 6.44. The Kier molecular flexibility index (Phi) is 9.27. The van der Waals surface area contributed by atoms with Gasteiger partial charge in [-0.15, -0.1) is 0 Å². The third-order valence-electron chi connectivity index (χ3n) is 4.27. The maximum absolute atomic E-state index is 11.1. The van der Waals surface area contributed by atoms with Crippen LogP contribution in [0.3, 0.4) is 0 Å². The first kappa shape index (κ1) is 19.9. The quantitative estimate of drug-likeness (QED) is 0.356. The van der Waals surface area contributed by atoms with Crippen LogP contribution in [0, 0.1) is 11.8 Å². The van der Waals surface area contributed by atoms with Crippen molar-refractivity contribution in [3.05, 3.63) is 23.8 Å². The fourth-order valence-corrected chi connectivity index (χ4v) is 1.98. The standard InChI is InChI=1S/C18H32O3/c1-14(11-12-16(3)18(4,5)21-7)9-8-10-15(2)13-17(19)20-6/h8,10,13-14,16H,9,11-12H2,1-7H3. The van der Waals surface area contributed by atoms with Crippen LogP contribution in [-0.2, 0) is 14.3 Å². The third-order valence-corrected chi connectivity index (χ3v) is 4.27. The lowest BCUT2D eigenvalue weighted by Crippen LogP contribution is -2.31. The SMILES string of the molecule is COC(=O)C=C(C)C=CCC(C)CCC(C)C(C)(C)OC. The molecule has 3 nitrogen and oxygen atoms in total. The Labute approximate surface area is 130 Å². The minimum atomic E-state index is -0.305. The fraction of sp³-hybridized carbons (Fsp3) is 0.722. The van der Waals surface area contributed by atoms with E-state index in [9.17, 15) is 4.79 Å². The van der Waals surface area contributed by atoms with Crippen LogP contribution in [0.4, 0.5) is 0 Å². The number of hydrogen-bond donors (Lipinski definition) is 0. The molecule has 0 aliphatic heterocycles. The van der Waals surface area contributed by atoms with E-state index in [0.717, 1.165) is 18.4 Å². The molecule has 0 spiro atoms. The van der Waals surface area contributed by atoms with Gasteiger partial charge in [0.2, 0.25) is 0 Å². The molecule has 2 atom stereocenters. The van der Waals surface area contributed by atoms with Crippen molar-refractivity contribution >= 4 is 5.97 Å². The largest absolute Gasteiger partial charge is 0.466 e. The minimum absolute atomic E-state index is 0.0601. The average molecular weight is 296 g/mol. The van der Waals surface area contributed by atoms with Gasteiger partial charge in [0.25, 0.3) is 0 Å². The van der Waals surface area contributed by atoms with Gasteiger partial charge < -0.3 is 9.47 Å². The molecule has 0 saturated carbocycles. The highest BCUT2D eigenvalue weighted by Crippen LogP contribution is 2.26. The number of ether oxygens (including phenoxy) is 2. The summed E-state index contributed by atoms with van der Waals surface area (Å²) in [6, 6.07) is 0. The van der Waals surface area contributed by atoms with Crippen molar-refractivity contribution in [1.82, 2.24) is 0 Å². The van der Waals surface area contributed by atoms with Gasteiger partial charge in [0.1, 0.15) is 0 Å². The monoisotopic (exact) mass is 296 g/mol. The minimum Gasteiger partial charge on any atom is -0.466 e. The summed E-state index contributed by atoms with van der Waals surface area (Å²) >= 11 is 0. The highest BCUT2D eigenvalue weighted by Gasteiger charge is 2.24. The van der Waals surface area contributed by atoms with E-state index in [1.807, 2.05) is 13.0 Å². The molecule has 0 aromatic carbocycles. The van der Waals surface area contributed by atoms with Gasteiger partial charge in [0.15, 0.2) is 0 Å². The van der Waals surface area contributed by atoms with Gasteiger partial charge in [-0.3, -0.25) is 0 Å². The Morgan fingerprint density at radius 1 is 1.19 bits per heavy atom. The van der Waals surface area contributed by atoms with Crippen molar-refractivity contribution in [2.45, 2.75) is 59.5 Å². The van der Waals surface area contributed by atoms with Gasteiger partial charge in [0.05, 0.1) is 12.7 Å². The van der Waals surface area contributed by atoms with Gasteiger partial charge in [-0.25, -0.2) is 4.79 Å². The zero-order valence-electron chi connectivity index (χ0n) is 14.7. The Bertz CT molecular complexity index is 367. The topological polar surface area (TPSA) is 35.5 Å². The van der Waals surface area contributed by atoms with E-state index in [4.69, 9.17) is 4.74 Å². The molecule has 21 heavy (non-hydrogen) atoms. The molecular formula is C18H32O3. The van der Waals surface area contributed by atoms with E-state index >= 15 is 0 Å². The van der Waals surface area contributed by atoms with Crippen LogP contribution in [0.15, 0.2) is 23.8 Å². The summed E-state index contributed by atoms with van der Waals surface area (Å²) in [5.74, 6) is 0.859. The lowest BCUT2D eigenvalue weighted by Gasteiger charge is -2.31. The number of rotatable bonds is 9. The molecule has 0 amide bonds. The van der Waals surface area contributed by atoms with E-state index in [1.54, 1.807) is 7.11 Å². The molecule has 122 valence electrons. The van der Waals surface area contributed by atoms with Crippen molar-refractivity contribution in [2.24, 2.45) is 11.8 Å². The molecule has 0 radical (unpaired) electrons. The van der Waals surface area contributed by atoms with E-state index in [2.05, 4.69) is 38.5 Å². The number of allylic oxidation sites excluding steroid dienone is 3. The first-order valence-corrected chi connectivity index (χ1v) is 7.70. The summed E-state index contributed by atoms with van der Waals surface area (Å²) in [7, 11) is 3.17. The first-order chi connectivity index (χ1) is 9.72. The normalized spacial score (nSPS) is 16.0. The lowest BCUT2D eigenvalue weighted by atomic mass is 9.85. The third kappa shape index (κ3) is 8.71. The van der Waals surface area contributed by atoms with Crippen molar-refractivity contribution in [3.8, 4) is 0 Å². The molecule has 0 N–H and O–H groups in total. The molecule has 3 heteroatoms.